The van der Waals surface area contributed by atoms with E-state index in [1.165, 1.54) is 60.6 Å². The molecule has 2 nitrogen and oxygen atoms in total. The molecule has 1 heterocycles. The quantitative estimate of drug-likeness (QED) is 0.219. The predicted molar refractivity (Wildman–Crippen MR) is 167 cm³/mol. The molecule has 0 unspecified atom stereocenters. The van der Waals surface area contributed by atoms with Gasteiger partial charge >= 0.3 is 0 Å². The average molecular weight is 499 g/mol. The fourth-order valence-electron chi connectivity index (χ4n) is 6.26. The molecule has 2 heteroatoms. The first-order valence-corrected chi connectivity index (χ1v) is 13.5. The highest BCUT2D eigenvalue weighted by Crippen LogP contribution is 2.56. The summed E-state index contributed by atoms with van der Waals surface area (Å²) in [4.78, 5) is 4.85. The molecule has 0 amide bonds. The molecule has 7 aromatic carbocycles. The Labute approximate surface area is 228 Å². The fourth-order valence-corrected chi connectivity index (χ4v) is 6.26. The largest absolute Gasteiger partial charge is 0.306 e. The lowest BCUT2D eigenvalue weighted by molar-refractivity contribution is 1.17. The Hall–Kier alpha value is -5.08. The van der Waals surface area contributed by atoms with Gasteiger partial charge in [0.15, 0.2) is 0 Å². The zero-order valence-electron chi connectivity index (χ0n) is 21.7. The van der Waals surface area contributed by atoms with Gasteiger partial charge in [0.2, 0.25) is 0 Å². The summed E-state index contributed by atoms with van der Waals surface area (Å²) in [5.74, 6) is 0. The summed E-state index contributed by atoms with van der Waals surface area (Å²) >= 11 is 0. The summed E-state index contributed by atoms with van der Waals surface area (Å²) in [6.45, 7) is 2.17. The number of aryl methyl sites for hydroxylation is 1. The highest BCUT2D eigenvalue weighted by Gasteiger charge is 2.31. The third-order valence-corrected chi connectivity index (χ3v) is 7.96. The highest BCUT2D eigenvalue weighted by atomic mass is 15.3. The molecular weight excluding hydrogens is 472 g/mol. The smallest absolute Gasteiger partial charge is 0.0709 e. The van der Waals surface area contributed by atoms with Crippen LogP contribution in [-0.4, -0.2) is 0 Å². The second-order valence-electron chi connectivity index (χ2n) is 10.3. The molecule has 1 aliphatic rings. The van der Waals surface area contributed by atoms with Crippen LogP contribution in [0.15, 0.2) is 140 Å². The lowest BCUT2D eigenvalue weighted by Gasteiger charge is -2.41. The van der Waals surface area contributed by atoms with E-state index in [-0.39, 0.29) is 0 Å². The molecule has 0 fully saturated rings. The molecule has 39 heavy (non-hydrogen) atoms. The number of anilines is 6. The number of fused-ring (bicyclic) bond motifs is 8. The van der Waals surface area contributed by atoms with Crippen LogP contribution in [0.25, 0.3) is 32.3 Å². The Morgan fingerprint density at radius 2 is 0.718 bits per heavy atom. The number of hydrogen-bond donors (Lipinski definition) is 0. The van der Waals surface area contributed by atoms with E-state index < -0.39 is 0 Å². The van der Waals surface area contributed by atoms with Crippen molar-refractivity contribution >= 4 is 66.4 Å². The second kappa shape index (κ2) is 8.47. The van der Waals surface area contributed by atoms with Gasteiger partial charge in [-0.05, 0) is 93.3 Å². The van der Waals surface area contributed by atoms with E-state index in [1.54, 1.807) is 0 Å². The molecule has 1 aliphatic heterocycles. The first-order valence-electron chi connectivity index (χ1n) is 13.5. The van der Waals surface area contributed by atoms with Crippen molar-refractivity contribution in [2.45, 2.75) is 6.92 Å². The van der Waals surface area contributed by atoms with Gasteiger partial charge in [-0.2, -0.15) is 0 Å². The third-order valence-electron chi connectivity index (χ3n) is 7.96. The Morgan fingerprint density at radius 3 is 1.21 bits per heavy atom. The molecule has 0 saturated carbocycles. The first-order chi connectivity index (χ1) is 19.3. The minimum atomic E-state index is 1.15. The van der Waals surface area contributed by atoms with Crippen LogP contribution in [0.5, 0.6) is 0 Å². The minimum absolute atomic E-state index is 1.15. The summed E-state index contributed by atoms with van der Waals surface area (Å²) < 4.78 is 0. The molecule has 0 aliphatic carbocycles. The van der Waals surface area contributed by atoms with Gasteiger partial charge < -0.3 is 9.80 Å². The van der Waals surface area contributed by atoms with Crippen molar-refractivity contribution < 1.29 is 0 Å². The van der Waals surface area contributed by atoms with E-state index in [9.17, 15) is 0 Å². The fraction of sp³-hybridized carbons (Fsp3) is 0.0270. The van der Waals surface area contributed by atoms with Gasteiger partial charge in [-0.15, -0.1) is 0 Å². The van der Waals surface area contributed by atoms with Gasteiger partial charge in [0.25, 0.3) is 0 Å². The number of benzene rings is 7. The number of para-hydroxylation sites is 2. The van der Waals surface area contributed by atoms with Crippen LogP contribution in [0, 0.1) is 6.92 Å². The van der Waals surface area contributed by atoms with Crippen molar-refractivity contribution in [1.82, 2.24) is 0 Å². The van der Waals surface area contributed by atoms with Crippen molar-refractivity contribution in [2.24, 2.45) is 0 Å². The average Bonchev–Trinajstić information content (AvgIpc) is 3.00. The molecular formula is C37H26N2. The maximum absolute atomic E-state index is 2.43. The van der Waals surface area contributed by atoms with Crippen LogP contribution in [0.3, 0.4) is 0 Å². The molecule has 0 spiro atoms. The minimum Gasteiger partial charge on any atom is -0.306 e. The van der Waals surface area contributed by atoms with Crippen LogP contribution in [0.4, 0.5) is 34.1 Å². The normalized spacial score (nSPS) is 12.6. The van der Waals surface area contributed by atoms with E-state index >= 15 is 0 Å². The maximum atomic E-state index is 2.43. The van der Waals surface area contributed by atoms with E-state index in [2.05, 4.69) is 156 Å². The number of nitrogens with zero attached hydrogens (tertiary/aromatic N) is 2. The zero-order chi connectivity index (χ0) is 25.9. The predicted octanol–water partition coefficient (Wildman–Crippen LogP) is 10.7. The molecule has 0 aromatic heterocycles. The standard InChI is InChI=1S/C37H26N2/c1-25-20-21-34-35(22-25)39(27-14-6-3-7-15-27)37-24-33-31-19-11-9-17-29(31)28-16-8-10-18-30(28)32(33)23-36(37)38(34)26-12-4-2-5-13-26/h2-24H,1H3. The Kier molecular flexibility index (Phi) is 4.77. The molecule has 0 atom stereocenters. The van der Waals surface area contributed by atoms with Crippen LogP contribution < -0.4 is 9.80 Å². The lowest BCUT2D eigenvalue weighted by atomic mass is 9.92. The molecule has 0 saturated heterocycles. The monoisotopic (exact) mass is 498 g/mol. The Bertz CT molecular complexity index is 2030. The van der Waals surface area contributed by atoms with Crippen molar-refractivity contribution in [3.8, 4) is 0 Å². The van der Waals surface area contributed by atoms with Gasteiger partial charge in [0.1, 0.15) is 0 Å². The molecule has 7 aromatic rings. The molecule has 8 rings (SSSR count). The summed E-state index contributed by atoms with van der Waals surface area (Å²) in [5, 5.41) is 7.68. The van der Waals surface area contributed by atoms with Crippen molar-refractivity contribution in [3.63, 3.8) is 0 Å². The topological polar surface area (TPSA) is 6.48 Å². The van der Waals surface area contributed by atoms with E-state index in [0.29, 0.717) is 0 Å². The van der Waals surface area contributed by atoms with Crippen molar-refractivity contribution in [3.05, 3.63) is 145 Å². The van der Waals surface area contributed by atoms with Gasteiger partial charge in [0, 0.05) is 11.4 Å². The Balaban J connectivity index is 1.56. The molecule has 0 radical (unpaired) electrons. The zero-order valence-corrected chi connectivity index (χ0v) is 21.7. The summed E-state index contributed by atoms with van der Waals surface area (Å²) in [7, 11) is 0. The summed E-state index contributed by atoms with van der Waals surface area (Å²) in [6.07, 6.45) is 0. The number of hydrogen-bond acceptors (Lipinski definition) is 2. The summed E-state index contributed by atoms with van der Waals surface area (Å²) in [5.41, 5.74) is 8.26. The Morgan fingerprint density at radius 1 is 0.333 bits per heavy atom. The van der Waals surface area contributed by atoms with Crippen molar-refractivity contribution in [2.75, 3.05) is 9.80 Å². The van der Waals surface area contributed by atoms with Crippen LogP contribution in [-0.2, 0) is 0 Å². The van der Waals surface area contributed by atoms with Gasteiger partial charge in [-0.3, -0.25) is 0 Å². The van der Waals surface area contributed by atoms with Gasteiger partial charge in [0.05, 0.1) is 22.7 Å². The molecule has 0 N–H and O–H groups in total. The molecule has 0 bridgehead atoms. The maximum Gasteiger partial charge on any atom is 0.0709 e. The third kappa shape index (κ3) is 3.28. The van der Waals surface area contributed by atoms with Gasteiger partial charge in [-0.25, -0.2) is 0 Å². The number of rotatable bonds is 2. The molecule has 184 valence electrons. The van der Waals surface area contributed by atoms with E-state index in [0.717, 1.165) is 11.4 Å². The lowest BCUT2D eigenvalue weighted by Crippen LogP contribution is -2.24. The van der Waals surface area contributed by atoms with Crippen molar-refractivity contribution in [1.29, 1.82) is 0 Å². The van der Waals surface area contributed by atoms with E-state index in [4.69, 9.17) is 0 Å². The highest BCUT2D eigenvalue weighted by molar-refractivity contribution is 6.27. The van der Waals surface area contributed by atoms with Crippen LogP contribution in [0.1, 0.15) is 5.56 Å². The SMILES string of the molecule is Cc1ccc2c(c1)N(c1ccccc1)c1cc3c4ccccc4c4ccccc4c3cc1N2c1ccccc1. The second-order valence-corrected chi connectivity index (χ2v) is 10.3. The first kappa shape index (κ1) is 22.0. The van der Waals surface area contributed by atoms with Crippen LogP contribution in [0.2, 0.25) is 0 Å². The van der Waals surface area contributed by atoms with Gasteiger partial charge in [-0.1, -0.05) is 91.0 Å². The van der Waals surface area contributed by atoms with E-state index in [1.807, 2.05) is 0 Å². The van der Waals surface area contributed by atoms with Crippen LogP contribution >= 0.6 is 0 Å². The summed E-state index contributed by atoms with van der Waals surface area (Å²) in [6, 6.07) is 50.7.